The number of hydrogen-bond donors (Lipinski definition) is 2. The number of methoxy groups -OCH3 is 3. The zero-order valence-corrected chi connectivity index (χ0v) is 30.8. The molecule has 0 bridgehead atoms. The second-order valence-corrected chi connectivity index (χ2v) is 15.5. The lowest BCUT2D eigenvalue weighted by atomic mass is 9.43. The summed E-state index contributed by atoms with van der Waals surface area (Å²) in [7, 11) is 4.61. The van der Waals surface area contributed by atoms with Gasteiger partial charge in [0.25, 0.3) is 0 Å². The van der Waals surface area contributed by atoms with E-state index in [-0.39, 0.29) is 24.9 Å². The zero-order chi connectivity index (χ0) is 37.1. The van der Waals surface area contributed by atoms with Crippen molar-refractivity contribution in [3.8, 4) is 17.2 Å². The molecule has 9 atom stereocenters. The number of rotatable bonds is 9. The Morgan fingerprint density at radius 1 is 0.885 bits per heavy atom. The van der Waals surface area contributed by atoms with Crippen molar-refractivity contribution in [3.63, 3.8) is 0 Å². The van der Waals surface area contributed by atoms with Gasteiger partial charge in [-0.3, -0.25) is 0 Å². The third-order valence-electron chi connectivity index (χ3n) is 13.5. The van der Waals surface area contributed by atoms with E-state index in [1.807, 2.05) is 44.2 Å². The second-order valence-electron chi connectivity index (χ2n) is 15.5. The molecule has 0 spiro atoms. The second kappa shape index (κ2) is 13.1. The van der Waals surface area contributed by atoms with Crippen LogP contribution < -0.4 is 14.2 Å². The van der Waals surface area contributed by atoms with Gasteiger partial charge in [-0.05, 0) is 86.3 Å². The number of fused-ring (bicyclic) bond motifs is 4. The molecule has 0 amide bonds. The van der Waals surface area contributed by atoms with Crippen molar-refractivity contribution < 1.29 is 48.2 Å². The minimum atomic E-state index is -1.56. The molecule has 0 aromatic heterocycles. The standard InChI is InChI=1S/C42H50O10/c1-26-41(52-36(44)15-12-27-10-8-7-9-11-27)20-21-42(46)39(41,3)34(50-26)25-33-38(2)18-17-30(24-29(38)16-19-40(33,42)45)51-35(43)14-13-28-22-31(47-4)37(49-6)32(23-28)48-5/h7-16,22-23,26,30,33-34,45-46H,17-21,24-25H2,1-6H3/b14-13+,15-12+/t26-,30+,33-,34-,38+,39-,40+,41-,42-/m1/s1. The molecule has 7 rings (SSSR count). The van der Waals surface area contributed by atoms with Crippen molar-refractivity contribution in [2.24, 2.45) is 16.7 Å². The highest BCUT2D eigenvalue weighted by molar-refractivity contribution is 5.88. The normalized spacial score (nSPS) is 37.5. The first-order valence-electron chi connectivity index (χ1n) is 18.2. The predicted octanol–water partition coefficient (Wildman–Crippen LogP) is 6.22. The van der Waals surface area contributed by atoms with Gasteiger partial charge in [-0.2, -0.15) is 0 Å². The third-order valence-corrected chi connectivity index (χ3v) is 13.5. The summed E-state index contributed by atoms with van der Waals surface area (Å²) in [5.74, 6) is 0.167. The Labute approximate surface area is 305 Å². The maximum atomic E-state index is 13.3. The van der Waals surface area contributed by atoms with Gasteiger partial charge in [-0.15, -0.1) is 0 Å². The van der Waals surface area contributed by atoms with Crippen LogP contribution in [-0.2, 0) is 23.8 Å². The van der Waals surface area contributed by atoms with Crippen molar-refractivity contribution in [2.75, 3.05) is 21.3 Å². The van der Waals surface area contributed by atoms with Crippen LogP contribution in [0.4, 0.5) is 0 Å². The molecule has 10 heteroatoms. The SMILES string of the molecule is COc1cc(/C=C/C(=O)O[C@H]2CC[C@@]3(C)C(=CC[C@]4(O)[C@@H]3C[C@H]3O[C@H](C)[C@]5(OC(=O)/C=C/c6ccccc6)CC[C@@]4(O)[C@]35C)C2)cc(OC)c1OC. The van der Waals surface area contributed by atoms with Crippen LogP contribution in [0.2, 0.25) is 0 Å². The molecule has 0 unspecified atom stereocenters. The lowest BCUT2D eigenvalue weighted by molar-refractivity contribution is -0.295. The van der Waals surface area contributed by atoms with E-state index in [0.29, 0.717) is 54.9 Å². The minimum Gasteiger partial charge on any atom is -0.493 e. The molecule has 2 N–H and O–H groups in total. The van der Waals surface area contributed by atoms with Gasteiger partial charge >= 0.3 is 11.9 Å². The van der Waals surface area contributed by atoms with Crippen molar-refractivity contribution in [3.05, 3.63) is 77.4 Å². The van der Waals surface area contributed by atoms with Crippen molar-refractivity contribution >= 4 is 24.1 Å². The molecule has 4 aliphatic carbocycles. The molecule has 2 aromatic carbocycles. The van der Waals surface area contributed by atoms with Crippen LogP contribution >= 0.6 is 0 Å². The van der Waals surface area contributed by atoms with Crippen LogP contribution in [0, 0.1) is 16.7 Å². The fourth-order valence-electron chi connectivity index (χ4n) is 10.7. The maximum absolute atomic E-state index is 13.3. The highest BCUT2D eigenvalue weighted by Gasteiger charge is 2.84. The highest BCUT2D eigenvalue weighted by atomic mass is 16.6. The van der Waals surface area contributed by atoms with Crippen LogP contribution in [0.3, 0.4) is 0 Å². The summed E-state index contributed by atoms with van der Waals surface area (Å²) in [5, 5.41) is 25.7. The number of carbonyl (C=O) groups is 2. The van der Waals surface area contributed by atoms with Gasteiger partial charge in [0.1, 0.15) is 22.9 Å². The number of hydrogen-bond acceptors (Lipinski definition) is 10. The average molecular weight is 715 g/mol. The van der Waals surface area contributed by atoms with E-state index in [0.717, 1.165) is 11.1 Å². The molecule has 278 valence electrons. The molecule has 1 aliphatic heterocycles. The van der Waals surface area contributed by atoms with Crippen LogP contribution in [0.1, 0.15) is 76.8 Å². The molecule has 3 saturated carbocycles. The summed E-state index contributed by atoms with van der Waals surface area (Å²) >= 11 is 0. The van der Waals surface area contributed by atoms with E-state index < -0.39 is 51.8 Å². The quantitative estimate of drug-likeness (QED) is 0.175. The Bertz CT molecular complexity index is 1790. The Morgan fingerprint density at radius 3 is 2.23 bits per heavy atom. The summed E-state index contributed by atoms with van der Waals surface area (Å²) in [6, 6.07) is 13.0. The van der Waals surface area contributed by atoms with E-state index in [1.165, 1.54) is 33.5 Å². The van der Waals surface area contributed by atoms with Gasteiger partial charge in [0.15, 0.2) is 11.5 Å². The van der Waals surface area contributed by atoms with Gasteiger partial charge in [0, 0.05) is 24.5 Å². The summed E-state index contributed by atoms with van der Waals surface area (Å²) in [6.45, 7) is 6.02. The molecule has 2 aromatic rings. The summed E-state index contributed by atoms with van der Waals surface area (Å²) in [4.78, 5) is 26.4. The highest BCUT2D eigenvalue weighted by Crippen LogP contribution is 2.74. The Morgan fingerprint density at radius 2 is 1.56 bits per heavy atom. The van der Waals surface area contributed by atoms with Crippen LogP contribution in [0.15, 0.2) is 66.3 Å². The molecule has 52 heavy (non-hydrogen) atoms. The Kier molecular flexibility index (Phi) is 9.11. The lowest BCUT2D eigenvalue weighted by Gasteiger charge is -2.65. The minimum absolute atomic E-state index is 0.245. The van der Waals surface area contributed by atoms with Crippen LogP contribution in [-0.4, -0.2) is 78.6 Å². The molecular formula is C42H50O10. The monoisotopic (exact) mass is 714 g/mol. The van der Waals surface area contributed by atoms with E-state index in [2.05, 4.69) is 13.0 Å². The summed E-state index contributed by atoms with van der Waals surface area (Å²) in [5.41, 5.74) is -2.91. The largest absolute Gasteiger partial charge is 0.493 e. The van der Waals surface area contributed by atoms with Crippen LogP contribution in [0.5, 0.6) is 17.2 Å². The van der Waals surface area contributed by atoms with Gasteiger partial charge in [0.05, 0.1) is 39.0 Å². The topological polar surface area (TPSA) is 130 Å². The predicted molar refractivity (Wildman–Crippen MR) is 194 cm³/mol. The first kappa shape index (κ1) is 36.2. The lowest BCUT2D eigenvalue weighted by Crippen LogP contribution is -2.76. The summed E-state index contributed by atoms with van der Waals surface area (Å²) < 4.78 is 35.2. The number of ether oxygens (including phenoxy) is 6. The van der Waals surface area contributed by atoms with E-state index in [9.17, 15) is 19.8 Å². The van der Waals surface area contributed by atoms with Crippen LogP contribution in [0.25, 0.3) is 12.2 Å². The summed E-state index contributed by atoms with van der Waals surface area (Å²) in [6.07, 6.45) is 10.3. The van der Waals surface area contributed by atoms with Crippen molar-refractivity contribution in [1.29, 1.82) is 0 Å². The zero-order valence-electron chi connectivity index (χ0n) is 30.8. The smallest absolute Gasteiger partial charge is 0.331 e. The molecular weight excluding hydrogens is 664 g/mol. The first-order chi connectivity index (χ1) is 24.8. The van der Waals surface area contributed by atoms with E-state index >= 15 is 0 Å². The third kappa shape index (κ3) is 5.23. The Hall–Kier alpha value is -4.12. The fourth-order valence-corrected chi connectivity index (χ4v) is 10.7. The Balaban J connectivity index is 1.08. The number of esters is 2. The number of benzene rings is 2. The van der Waals surface area contributed by atoms with Gasteiger partial charge in [-0.1, -0.05) is 55.8 Å². The van der Waals surface area contributed by atoms with Gasteiger partial charge in [-0.25, -0.2) is 9.59 Å². The molecule has 5 aliphatic rings. The molecule has 1 saturated heterocycles. The van der Waals surface area contributed by atoms with Gasteiger partial charge in [0.2, 0.25) is 5.75 Å². The number of aliphatic hydroxyl groups is 2. The number of carbonyl (C=O) groups excluding carboxylic acids is 2. The molecule has 0 radical (unpaired) electrons. The van der Waals surface area contributed by atoms with E-state index in [4.69, 9.17) is 28.4 Å². The molecule has 4 fully saturated rings. The van der Waals surface area contributed by atoms with E-state index in [1.54, 1.807) is 24.3 Å². The van der Waals surface area contributed by atoms with Crippen molar-refractivity contribution in [1.82, 2.24) is 0 Å². The maximum Gasteiger partial charge on any atom is 0.331 e. The van der Waals surface area contributed by atoms with Gasteiger partial charge < -0.3 is 38.6 Å². The molecule has 10 nitrogen and oxygen atoms in total. The van der Waals surface area contributed by atoms with Crippen molar-refractivity contribution in [2.45, 2.75) is 101 Å². The molecule has 1 heterocycles. The average Bonchev–Trinajstić information content (AvgIpc) is 3.51. The first-order valence-corrected chi connectivity index (χ1v) is 18.2. The fraction of sp³-hybridized carbons (Fsp3) is 0.524.